The number of amides is 1. The highest BCUT2D eigenvalue weighted by atomic mass is 16.1. The summed E-state index contributed by atoms with van der Waals surface area (Å²) in [6.07, 6.45) is 9.37. The molecule has 1 amide bonds. The van der Waals surface area contributed by atoms with E-state index in [2.05, 4.69) is 21.5 Å². The monoisotopic (exact) mass is 351 g/mol. The predicted octanol–water partition coefficient (Wildman–Crippen LogP) is 3.00. The Labute approximate surface area is 150 Å². The fourth-order valence-electron chi connectivity index (χ4n) is 3.24. The molecule has 7 heteroatoms. The van der Waals surface area contributed by atoms with Gasteiger partial charge in [0.15, 0.2) is 5.82 Å². The molecule has 0 unspecified atom stereocenters. The molecule has 0 aliphatic heterocycles. The van der Waals surface area contributed by atoms with Crippen molar-refractivity contribution in [1.82, 2.24) is 19.1 Å². The lowest BCUT2D eigenvalue weighted by atomic mass is 10.1. The van der Waals surface area contributed by atoms with E-state index in [4.69, 9.17) is 0 Å². The number of hydrogen-bond acceptors (Lipinski definition) is 4. The summed E-state index contributed by atoms with van der Waals surface area (Å²) in [5.41, 5.74) is 2.04. The van der Waals surface area contributed by atoms with E-state index in [9.17, 15) is 9.59 Å². The van der Waals surface area contributed by atoms with Crippen LogP contribution < -0.4 is 10.9 Å². The summed E-state index contributed by atoms with van der Waals surface area (Å²) in [5.74, 6) is 1.56. The third-order valence-corrected chi connectivity index (χ3v) is 4.66. The van der Waals surface area contributed by atoms with Crippen molar-refractivity contribution in [3.8, 4) is 5.82 Å². The van der Waals surface area contributed by atoms with Crippen LogP contribution in [0.15, 0.2) is 35.6 Å². The molecule has 3 aromatic heterocycles. The predicted molar refractivity (Wildman–Crippen MR) is 99.8 cm³/mol. The normalized spacial score (nSPS) is 14.2. The molecule has 4 rings (SSSR count). The van der Waals surface area contributed by atoms with Crippen LogP contribution >= 0.6 is 0 Å². The summed E-state index contributed by atoms with van der Waals surface area (Å²) in [4.78, 5) is 32.1. The maximum absolute atomic E-state index is 12.0. The van der Waals surface area contributed by atoms with Gasteiger partial charge in [0.25, 0.3) is 5.56 Å². The summed E-state index contributed by atoms with van der Waals surface area (Å²) in [6.45, 7) is 5.39. The van der Waals surface area contributed by atoms with Crippen LogP contribution in [0.2, 0.25) is 0 Å². The summed E-state index contributed by atoms with van der Waals surface area (Å²) < 4.78 is 3.65. The van der Waals surface area contributed by atoms with Crippen molar-refractivity contribution >= 4 is 22.6 Å². The number of nitrogens with one attached hydrogen (secondary N) is 1. The number of carbonyl (C=O) groups is 1. The third-order valence-electron chi connectivity index (χ3n) is 4.66. The van der Waals surface area contributed by atoms with Crippen molar-refractivity contribution in [3.63, 3.8) is 0 Å². The zero-order chi connectivity index (χ0) is 18.4. The van der Waals surface area contributed by atoms with E-state index in [1.54, 1.807) is 10.8 Å². The molecule has 0 aromatic carbocycles. The van der Waals surface area contributed by atoms with Gasteiger partial charge in [-0.05, 0) is 38.2 Å². The van der Waals surface area contributed by atoms with Crippen LogP contribution in [0.25, 0.3) is 16.7 Å². The molecule has 0 atom stereocenters. The molecular weight excluding hydrogens is 330 g/mol. The lowest BCUT2D eigenvalue weighted by Gasteiger charge is -2.12. The molecule has 26 heavy (non-hydrogen) atoms. The van der Waals surface area contributed by atoms with Gasteiger partial charge in [-0.2, -0.15) is 0 Å². The smallest absolute Gasteiger partial charge is 0.269 e. The highest BCUT2D eigenvalue weighted by Gasteiger charge is 2.28. The molecule has 0 bridgehead atoms. The number of aromatic nitrogens is 4. The largest absolute Gasteiger partial charge is 0.311 e. The Kier molecular flexibility index (Phi) is 3.86. The first-order valence-corrected chi connectivity index (χ1v) is 8.81. The van der Waals surface area contributed by atoms with Gasteiger partial charge >= 0.3 is 0 Å². The highest BCUT2D eigenvalue weighted by molar-refractivity contribution is 5.92. The van der Waals surface area contributed by atoms with E-state index in [0.717, 1.165) is 10.9 Å². The van der Waals surface area contributed by atoms with Gasteiger partial charge in [-0.15, -0.1) is 0 Å². The number of hydrogen-bond donors (Lipinski definition) is 1. The second-order valence-corrected chi connectivity index (χ2v) is 7.08. The third kappa shape index (κ3) is 2.89. The number of carbonyl (C=O) groups excluding carboxylic acids is 1. The van der Waals surface area contributed by atoms with Crippen molar-refractivity contribution in [2.75, 3.05) is 5.32 Å². The number of rotatable bonds is 4. The number of nitrogens with zero attached hydrogens (tertiary/aromatic N) is 4. The second kappa shape index (κ2) is 6.09. The highest BCUT2D eigenvalue weighted by Crippen LogP contribution is 2.44. The summed E-state index contributed by atoms with van der Waals surface area (Å²) in [5, 5.41) is 3.79. The fourth-order valence-corrected chi connectivity index (χ4v) is 3.24. The Morgan fingerprint density at radius 2 is 2.00 bits per heavy atom. The van der Waals surface area contributed by atoms with E-state index < -0.39 is 0 Å². The summed E-state index contributed by atoms with van der Waals surface area (Å²) in [6, 6.07) is 1.90. The first kappa shape index (κ1) is 16.5. The van der Waals surface area contributed by atoms with Crippen molar-refractivity contribution in [2.24, 2.45) is 0 Å². The summed E-state index contributed by atoms with van der Waals surface area (Å²) >= 11 is 0. The minimum atomic E-state index is -0.163. The number of fused-ring (bicyclic) bond motifs is 1. The average Bonchev–Trinajstić information content (AvgIpc) is 3.36. The summed E-state index contributed by atoms with van der Waals surface area (Å²) in [7, 11) is 0. The molecular formula is C19H21N5O2. The Bertz CT molecular complexity index is 1060. The molecule has 3 aromatic rings. The number of pyridine rings is 1. The maximum Gasteiger partial charge on any atom is 0.269 e. The minimum absolute atomic E-state index is 0.0468. The molecule has 1 N–H and O–H groups in total. The van der Waals surface area contributed by atoms with Crippen LogP contribution in [0.1, 0.15) is 51.1 Å². The SMILES string of the molecule is CC(=O)Nc1cc2c(cn1)c(C1CC1)cn2-c1cn(C(C)C)c(=O)cn1. The zero-order valence-corrected chi connectivity index (χ0v) is 15.1. The first-order chi connectivity index (χ1) is 12.4. The molecule has 3 heterocycles. The van der Waals surface area contributed by atoms with E-state index in [-0.39, 0.29) is 17.5 Å². The van der Waals surface area contributed by atoms with Crippen molar-refractivity contribution in [2.45, 2.75) is 45.6 Å². The first-order valence-electron chi connectivity index (χ1n) is 8.81. The van der Waals surface area contributed by atoms with E-state index in [0.29, 0.717) is 17.6 Å². The zero-order valence-electron chi connectivity index (χ0n) is 15.1. The number of anilines is 1. The van der Waals surface area contributed by atoms with Gasteiger partial charge in [0, 0.05) is 36.8 Å². The molecule has 1 fully saturated rings. The van der Waals surface area contributed by atoms with Gasteiger partial charge in [0.05, 0.1) is 17.9 Å². The quantitative estimate of drug-likeness (QED) is 0.783. The molecule has 1 aliphatic carbocycles. The Balaban J connectivity index is 1.92. The molecule has 134 valence electrons. The molecule has 1 saturated carbocycles. The van der Waals surface area contributed by atoms with Crippen molar-refractivity contribution < 1.29 is 4.79 Å². The van der Waals surface area contributed by atoms with E-state index in [1.807, 2.05) is 30.7 Å². The molecule has 7 nitrogen and oxygen atoms in total. The fraction of sp³-hybridized carbons (Fsp3) is 0.368. The van der Waals surface area contributed by atoms with Crippen LogP contribution in [0.4, 0.5) is 5.82 Å². The van der Waals surface area contributed by atoms with Gasteiger partial charge in [-0.25, -0.2) is 9.97 Å². The van der Waals surface area contributed by atoms with Gasteiger partial charge < -0.3 is 9.88 Å². The standard InChI is InChI=1S/C19H21N5O2/c1-11(2)23-10-18(21-8-19(23)26)24-9-15(13-4-5-13)14-7-20-17(6-16(14)24)22-12(3)25/h6-11,13H,4-5H2,1-3H3,(H,20,22,25). The topological polar surface area (TPSA) is 81.8 Å². The van der Waals surface area contributed by atoms with Gasteiger partial charge in [0.2, 0.25) is 5.91 Å². The van der Waals surface area contributed by atoms with Crippen LogP contribution in [0.3, 0.4) is 0 Å². The lowest BCUT2D eigenvalue weighted by molar-refractivity contribution is -0.114. The van der Waals surface area contributed by atoms with Crippen molar-refractivity contribution in [1.29, 1.82) is 0 Å². The van der Waals surface area contributed by atoms with Crippen LogP contribution in [-0.2, 0) is 4.79 Å². The van der Waals surface area contributed by atoms with Crippen LogP contribution in [0.5, 0.6) is 0 Å². The average molecular weight is 351 g/mol. The Morgan fingerprint density at radius 1 is 1.23 bits per heavy atom. The van der Waals surface area contributed by atoms with Gasteiger partial charge in [-0.1, -0.05) is 0 Å². The molecule has 1 aliphatic rings. The minimum Gasteiger partial charge on any atom is -0.311 e. The van der Waals surface area contributed by atoms with Crippen LogP contribution in [-0.4, -0.2) is 25.0 Å². The van der Waals surface area contributed by atoms with Gasteiger partial charge in [-0.3, -0.25) is 14.2 Å². The van der Waals surface area contributed by atoms with E-state index >= 15 is 0 Å². The molecule has 0 saturated heterocycles. The van der Waals surface area contributed by atoms with Gasteiger partial charge in [0.1, 0.15) is 5.82 Å². The van der Waals surface area contributed by atoms with E-state index in [1.165, 1.54) is 31.5 Å². The molecule has 0 radical (unpaired) electrons. The Morgan fingerprint density at radius 3 is 2.65 bits per heavy atom. The maximum atomic E-state index is 12.0. The second-order valence-electron chi connectivity index (χ2n) is 7.08. The lowest BCUT2D eigenvalue weighted by Crippen LogP contribution is -2.22. The van der Waals surface area contributed by atoms with Crippen molar-refractivity contribution in [3.05, 3.63) is 46.8 Å². The van der Waals surface area contributed by atoms with Crippen LogP contribution in [0, 0.1) is 0 Å². The molecule has 0 spiro atoms. The Hall–Kier alpha value is -2.96.